The van der Waals surface area contributed by atoms with Gasteiger partial charge in [-0.2, -0.15) is 0 Å². The van der Waals surface area contributed by atoms with Gasteiger partial charge in [0.05, 0.1) is 59.3 Å². The minimum atomic E-state index is -0.872. The van der Waals surface area contributed by atoms with E-state index in [0.29, 0.717) is 52.7 Å². The largest absolute Gasteiger partial charge is 0.481 e. The number of unbranched alkanes of at least 4 members (excludes halogenated alkanes) is 5. The van der Waals surface area contributed by atoms with Gasteiger partial charge < -0.3 is 28.8 Å². The predicted octanol–water partition coefficient (Wildman–Crippen LogP) is 2.82. The van der Waals surface area contributed by atoms with Crippen molar-refractivity contribution in [2.75, 3.05) is 59.5 Å². The molecular weight excluding hydrogens is 368 g/mol. The van der Waals surface area contributed by atoms with Crippen LogP contribution < -0.4 is 0 Å². The van der Waals surface area contributed by atoms with E-state index in [2.05, 4.69) is 6.92 Å². The maximum atomic E-state index is 11.5. The van der Waals surface area contributed by atoms with Gasteiger partial charge in [-0.15, -0.1) is 0 Å². The van der Waals surface area contributed by atoms with E-state index in [1.807, 2.05) is 0 Å². The van der Waals surface area contributed by atoms with E-state index in [9.17, 15) is 9.59 Å². The Labute approximate surface area is 168 Å². The molecule has 28 heavy (non-hydrogen) atoms. The Morgan fingerprint density at radius 1 is 0.607 bits per heavy atom. The summed E-state index contributed by atoms with van der Waals surface area (Å²) < 4.78 is 26.1. The normalized spacial score (nSPS) is 10.9. The zero-order chi connectivity index (χ0) is 20.7. The van der Waals surface area contributed by atoms with Gasteiger partial charge in [0.15, 0.2) is 0 Å². The van der Waals surface area contributed by atoms with Crippen LogP contribution in [0.1, 0.15) is 58.3 Å². The molecule has 0 aromatic carbocycles. The van der Waals surface area contributed by atoms with Crippen LogP contribution in [0.4, 0.5) is 0 Å². The molecule has 0 aliphatic heterocycles. The van der Waals surface area contributed by atoms with E-state index in [0.717, 1.165) is 12.8 Å². The molecule has 0 atom stereocenters. The van der Waals surface area contributed by atoms with Crippen LogP contribution in [0.15, 0.2) is 0 Å². The van der Waals surface area contributed by atoms with Crippen molar-refractivity contribution in [3.8, 4) is 0 Å². The molecule has 0 aliphatic carbocycles. The van der Waals surface area contributed by atoms with Gasteiger partial charge in [-0.05, 0) is 6.42 Å². The van der Waals surface area contributed by atoms with E-state index in [4.69, 9.17) is 28.8 Å². The van der Waals surface area contributed by atoms with Crippen LogP contribution in [0.2, 0.25) is 0 Å². The lowest BCUT2D eigenvalue weighted by Crippen LogP contribution is -2.14. The van der Waals surface area contributed by atoms with Gasteiger partial charge in [0.2, 0.25) is 0 Å². The van der Waals surface area contributed by atoms with Gasteiger partial charge >= 0.3 is 11.9 Å². The monoisotopic (exact) mass is 406 g/mol. The summed E-state index contributed by atoms with van der Waals surface area (Å²) >= 11 is 0. The molecule has 0 radical (unpaired) electrons. The molecule has 166 valence electrons. The second-order valence-electron chi connectivity index (χ2n) is 6.33. The predicted molar refractivity (Wildman–Crippen MR) is 104 cm³/mol. The molecule has 0 spiro atoms. The van der Waals surface area contributed by atoms with Crippen LogP contribution in [0.25, 0.3) is 0 Å². The van der Waals surface area contributed by atoms with Crippen molar-refractivity contribution in [2.24, 2.45) is 0 Å². The highest BCUT2D eigenvalue weighted by Gasteiger charge is 2.02. The number of carbonyl (C=O) groups is 2. The molecule has 0 rings (SSSR count). The first-order chi connectivity index (χ1) is 13.7. The molecule has 0 aromatic rings. The Balaban J connectivity index is 3.13. The van der Waals surface area contributed by atoms with E-state index in [-0.39, 0.29) is 25.6 Å². The molecule has 0 aromatic heterocycles. The van der Waals surface area contributed by atoms with E-state index < -0.39 is 5.97 Å². The van der Waals surface area contributed by atoms with Crippen LogP contribution in [0.3, 0.4) is 0 Å². The lowest BCUT2D eigenvalue weighted by atomic mass is 10.1. The highest BCUT2D eigenvalue weighted by molar-refractivity contribution is 5.69. The molecule has 0 unspecified atom stereocenters. The third kappa shape index (κ3) is 22.8. The molecule has 1 N–H and O–H groups in total. The standard InChI is InChI=1S/C20H38O8/c1-2-3-4-5-6-7-8-20(23)28-18-17-27-16-15-26-14-13-25-12-11-24-10-9-19(21)22/h2-18H2,1H3,(H,21,22). The van der Waals surface area contributed by atoms with Crippen molar-refractivity contribution in [1.29, 1.82) is 0 Å². The van der Waals surface area contributed by atoms with Crippen LogP contribution in [0, 0.1) is 0 Å². The third-order valence-corrected chi connectivity index (χ3v) is 3.80. The van der Waals surface area contributed by atoms with E-state index in [1.165, 1.54) is 25.7 Å². The summed E-state index contributed by atoms with van der Waals surface area (Å²) in [5, 5.41) is 8.43. The fourth-order valence-electron chi connectivity index (χ4n) is 2.26. The molecule has 0 bridgehead atoms. The first kappa shape index (κ1) is 26.8. The van der Waals surface area contributed by atoms with Gasteiger partial charge in [-0.1, -0.05) is 39.0 Å². The van der Waals surface area contributed by atoms with E-state index >= 15 is 0 Å². The van der Waals surface area contributed by atoms with Gasteiger partial charge in [0, 0.05) is 6.42 Å². The number of rotatable bonds is 22. The molecule has 8 heteroatoms. The maximum absolute atomic E-state index is 11.5. The number of hydrogen-bond acceptors (Lipinski definition) is 7. The molecule has 0 heterocycles. The van der Waals surface area contributed by atoms with Gasteiger partial charge in [0.1, 0.15) is 6.61 Å². The van der Waals surface area contributed by atoms with Crippen LogP contribution in [-0.4, -0.2) is 76.5 Å². The highest BCUT2D eigenvalue weighted by atomic mass is 16.6. The zero-order valence-electron chi connectivity index (χ0n) is 17.3. The number of carboxylic acids is 1. The van der Waals surface area contributed by atoms with Crippen molar-refractivity contribution in [1.82, 2.24) is 0 Å². The lowest BCUT2D eigenvalue weighted by Gasteiger charge is -2.08. The van der Waals surface area contributed by atoms with Crippen molar-refractivity contribution in [2.45, 2.75) is 58.3 Å². The highest BCUT2D eigenvalue weighted by Crippen LogP contribution is 2.07. The number of carboxylic acid groups (broad SMARTS) is 1. The number of esters is 1. The summed E-state index contributed by atoms with van der Waals surface area (Å²) in [4.78, 5) is 21.8. The Morgan fingerprint density at radius 2 is 1.07 bits per heavy atom. The molecule has 0 aliphatic rings. The average molecular weight is 407 g/mol. The third-order valence-electron chi connectivity index (χ3n) is 3.80. The van der Waals surface area contributed by atoms with Crippen molar-refractivity contribution in [3.63, 3.8) is 0 Å². The van der Waals surface area contributed by atoms with Crippen LogP contribution in [0.5, 0.6) is 0 Å². The smallest absolute Gasteiger partial charge is 0.305 e. The maximum Gasteiger partial charge on any atom is 0.305 e. The number of ether oxygens (including phenoxy) is 5. The zero-order valence-corrected chi connectivity index (χ0v) is 17.3. The second kappa shape index (κ2) is 22.1. The fraction of sp³-hybridized carbons (Fsp3) is 0.900. The summed E-state index contributed by atoms with van der Waals surface area (Å²) in [6, 6.07) is 0. The van der Waals surface area contributed by atoms with Crippen molar-refractivity contribution >= 4 is 11.9 Å². The summed E-state index contributed by atoms with van der Waals surface area (Å²) in [6.07, 6.45) is 7.41. The topological polar surface area (TPSA) is 101 Å². The minimum absolute atomic E-state index is 0.00143. The fourth-order valence-corrected chi connectivity index (χ4v) is 2.26. The number of hydrogen-bond donors (Lipinski definition) is 1. The van der Waals surface area contributed by atoms with Crippen LogP contribution in [-0.2, 0) is 33.3 Å². The molecule has 0 fully saturated rings. The summed E-state index contributed by atoms with van der Waals surface area (Å²) in [6.45, 7) is 5.59. The van der Waals surface area contributed by atoms with Gasteiger partial charge in [-0.3, -0.25) is 9.59 Å². The van der Waals surface area contributed by atoms with Crippen molar-refractivity contribution in [3.05, 3.63) is 0 Å². The van der Waals surface area contributed by atoms with Gasteiger partial charge in [0.25, 0.3) is 0 Å². The van der Waals surface area contributed by atoms with E-state index in [1.54, 1.807) is 0 Å². The average Bonchev–Trinajstić information content (AvgIpc) is 2.67. The summed E-state index contributed by atoms with van der Waals surface area (Å²) in [5.41, 5.74) is 0. The molecule has 0 saturated heterocycles. The lowest BCUT2D eigenvalue weighted by molar-refractivity contribution is -0.145. The molecule has 8 nitrogen and oxygen atoms in total. The second-order valence-corrected chi connectivity index (χ2v) is 6.33. The first-order valence-corrected chi connectivity index (χ1v) is 10.3. The molecular formula is C20H38O8. The SMILES string of the molecule is CCCCCCCCC(=O)OCCOCCOCCOCCOCCC(=O)O. The first-order valence-electron chi connectivity index (χ1n) is 10.3. The summed E-state index contributed by atoms with van der Waals surface area (Å²) in [7, 11) is 0. The Kier molecular flexibility index (Phi) is 21.1. The Morgan fingerprint density at radius 3 is 1.61 bits per heavy atom. The van der Waals surface area contributed by atoms with Crippen LogP contribution >= 0.6 is 0 Å². The number of carbonyl (C=O) groups excluding carboxylic acids is 1. The number of aliphatic carboxylic acids is 1. The Hall–Kier alpha value is -1.22. The molecule has 0 amide bonds. The van der Waals surface area contributed by atoms with Crippen molar-refractivity contribution < 1.29 is 38.4 Å². The Bertz CT molecular complexity index is 362. The molecule has 0 saturated carbocycles. The minimum Gasteiger partial charge on any atom is -0.481 e. The summed E-state index contributed by atoms with van der Waals surface area (Å²) in [5.74, 6) is -1.03. The quantitative estimate of drug-likeness (QED) is 0.216. The van der Waals surface area contributed by atoms with Gasteiger partial charge in [-0.25, -0.2) is 0 Å².